The standard InChI is InChI=1S/C16H12N2O3/c19-14-9-5-4-8-12(14)17-16(20)15-10-13(18-21-15)11-6-2-1-3-7-11/h1-10,19H,(H,17,20). The van der Waals surface area contributed by atoms with E-state index >= 15 is 0 Å². The van der Waals surface area contributed by atoms with Crippen molar-refractivity contribution in [3.63, 3.8) is 0 Å². The van der Waals surface area contributed by atoms with Gasteiger partial charge in [0.2, 0.25) is 5.76 Å². The minimum absolute atomic E-state index is 0.00588. The maximum atomic E-state index is 12.1. The summed E-state index contributed by atoms with van der Waals surface area (Å²) in [6, 6.07) is 17.5. The topological polar surface area (TPSA) is 75.4 Å². The van der Waals surface area contributed by atoms with E-state index in [9.17, 15) is 9.90 Å². The zero-order valence-corrected chi connectivity index (χ0v) is 11.0. The fourth-order valence-electron chi connectivity index (χ4n) is 1.89. The van der Waals surface area contributed by atoms with Crippen molar-refractivity contribution in [1.82, 2.24) is 5.16 Å². The number of nitrogens with zero attached hydrogens (tertiary/aromatic N) is 1. The number of hydrogen-bond acceptors (Lipinski definition) is 4. The Balaban J connectivity index is 1.80. The molecule has 0 fully saturated rings. The first-order valence-electron chi connectivity index (χ1n) is 6.35. The molecule has 0 saturated heterocycles. The van der Waals surface area contributed by atoms with Gasteiger partial charge in [0.15, 0.2) is 0 Å². The molecule has 0 aliphatic heterocycles. The van der Waals surface area contributed by atoms with Crippen molar-refractivity contribution in [1.29, 1.82) is 0 Å². The van der Waals surface area contributed by atoms with Crippen molar-refractivity contribution >= 4 is 11.6 Å². The van der Waals surface area contributed by atoms with Gasteiger partial charge < -0.3 is 14.9 Å². The number of carbonyl (C=O) groups is 1. The van der Waals surface area contributed by atoms with E-state index in [0.29, 0.717) is 11.4 Å². The summed E-state index contributed by atoms with van der Waals surface area (Å²) in [6.07, 6.45) is 0. The summed E-state index contributed by atoms with van der Waals surface area (Å²) in [5.41, 5.74) is 1.76. The number of hydrogen-bond donors (Lipinski definition) is 2. The van der Waals surface area contributed by atoms with Crippen LogP contribution in [0.3, 0.4) is 0 Å². The molecule has 3 rings (SSSR count). The molecule has 0 bridgehead atoms. The lowest BCUT2D eigenvalue weighted by Gasteiger charge is -2.04. The van der Waals surface area contributed by atoms with E-state index in [4.69, 9.17) is 4.52 Å². The van der Waals surface area contributed by atoms with Crippen molar-refractivity contribution in [2.45, 2.75) is 0 Å². The van der Waals surface area contributed by atoms with Crippen LogP contribution in [0, 0.1) is 0 Å². The lowest BCUT2D eigenvalue weighted by Crippen LogP contribution is -2.10. The molecule has 104 valence electrons. The van der Waals surface area contributed by atoms with E-state index < -0.39 is 5.91 Å². The van der Waals surface area contributed by atoms with Crippen LogP contribution in [0.15, 0.2) is 65.2 Å². The van der Waals surface area contributed by atoms with Gasteiger partial charge in [-0.1, -0.05) is 47.6 Å². The van der Waals surface area contributed by atoms with Crippen LogP contribution in [0.25, 0.3) is 11.3 Å². The van der Waals surface area contributed by atoms with E-state index in [0.717, 1.165) is 5.56 Å². The van der Waals surface area contributed by atoms with Crippen LogP contribution >= 0.6 is 0 Å². The second-order valence-electron chi connectivity index (χ2n) is 4.41. The van der Waals surface area contributed by atoms with E-state index in [1.54, 1.807) is 24.3 Å². The lowest BCUT2D eigenvalue weighted by atomic mass is 10.1. The van der Waals surface area contributed by atoms with Crippen LogP contribution in [-0.4, -0.2) is 16.2 Å². The summed E-state index contributed by atoms with van der Waals surface area (Å²) in [5, 5.41) is 16.1. The number of aromatic nitrogens is 1. The van der Waals surface area contributed by atoms with Crippen LogP contribution in [0.4, 0.5) is 5.69 Å². The molecule has 0 aliphatic rings. The van der Waals surface area contributed by atoms with Crippen LogP contribution < -0.4 is 5.32 Å². The fraction of sp³-hybridized carbons (Fsp3) is 0. The van der Waals surface area contributed by atoms with Crippen LogP contribution in [0.2, 0.25) is 0 Å². The van der Waals surface area contributed by atoms with Gasteiger partial charge in [0.25, 0.3) is 5.91 Å². The summed E-state index contributed by atoms with van der Waals surface area (Å²) < 4.78 is 5.05. The Morgan fingerprint density at radius 2 is 1.76 bits per heavy atom. The maximum Gasteiger partial charge on any atom is 0.294 e. The Hall–Kier alpha value is -3.08. The largest absolute Gasteiger partial charge is 0.506 e. The first kappa shape index (κ1) is 12.9. The molecular weight excluding hydrogens is 268 g/mol. The highest BCUT2D eigenvalue weighted by Crippen LogP contribution is 2.23. The Morgan fingerprint density at radius 1 is 1.05 bits per heavy atom. The monoisotopic (exact) mass is 280 g/mol. The summed E-state index contributed by atoms with van der Waals surface area (Å²) >= 11 is 0. The van der Waals surface area contributed by atoms with Crippen molar-refractivity contribution in [3.05, 3.63) is 66.4 Å². The van der Waals surface area contributed by atoms with Crippen LogP contribution in [0.1, 0.15) is 10.6 Å². The third-order valence-electron chi connectivity index (χ3n) is 2.96. The van der Waals surface area contributed by atoms with E-state index in [2.05, 4.69) is 10.5 Å². The Labute approximate surface area is 120 Å². The number of aromatic hydroxyl groups is 1. The smallest absolute Gasteiger partial charge is 0.294 e. The third-order valence-corrected chi connectivity index (χ3v) is 2.96. The Morgan fingerprint density at radius 3 is 2.52 bits per heavy atom. The van der Waals surface area contributed by atoms with Gasteiger partial charge in [0, 0.05) is 11.6 Å². The molecule has 0 atom stereocenters. The molecule has 0 unspecified atom stereocenters. The van der Waals surface area contributed by atoms with Crippen molar-refractivity contribution < 1.29 is 14.4 Å². The number of carbonyl (C=O) groups excluding carboxylic acids is 1. The molecule has 5 nitrogen and oxygen atoms in total. The van der Waals surface area contributed by atoms with Gasteiger partial charge >= 0.3 is 0 Å². The van der Waals surface area contributed by atoms with Crippen molar-refractivity contribution in [2.75, 3.05) is 5.32 Å². The lowest BCUT2D eigenvalue weighted by molar-refractivity contribution is 0.0987. The van der Waals surface area contributed by atoms with Crippen molar-refractivity contribution in [3.8, 4) is 17.0 Å². The molecule has 0 spiro atoms. The summed E-state index contributed by atoms with van der Waals surface area (Å²) in [4.78, 5) is 12.1. The minimum atomic E-state index is -0.466. The first-order chi connectivity index (χ1) is 10.2. The molecule has 3 aromatic rings. The zero-order chi connectivity index (χ0) is 14.7. The molecule has 1 amide bonds. The van der Waals surface area contributed by atoms with Crippen molar-refractivity contribution in [2.24, 2.45) is 0 Å². The summed E-state index contributed by atoms with van der Waals surface area (Å²) in [7, 11) is 0. The fourth-order valence-corrected chi connectivity index (χ4v) is 1.89. The predicted octanol–water partition coefficient (Wildman–Crippen LogP) is 3.30. The molecule has 2 N–H and O–H groups in total. The van der Waals surface area contributed by atoms with Gasteiger partial charge in [0.1, 0.15) is 11.4 Å². The third kappa shape index (κ3) is 2.76. The summed E-state index contributed by atoms with van der Waals surface area (Å²) in [5.74, 6) is -0.392. The molecule has 0 saturated carbocycles. The average Bonchev–Trinajstić information content (AvgIpc) is 3.00. The quantitative estimate of drug-likeness (QED) is 0.722. The molecule has 0 radical (unpaired) electrons. The number of rotatable bonds is 3. The average molecular weight is 280 g/mol. The number of benzene rings is 2. The van der Waals surface area contributed by atoms with Gasteiger partial charge in [-0.2, -0.15) is 0 Å². The van der Waals surface area contributed by atoms with Crippen LogP contribution in [-0.2, 0) is 0 Å². The SMILES string of the molecule is O=C(Nc1ccccc1O)c1cc(-c2ccccc2)no1. The molecule has 1 heterocycles. The molecule has 5 heteroatoms. The molecule has 21 heavy (non-hydrogen) atoms. The number of amides is 1. The predicted molar refractivity (Wildman–Crippen MR) is 78.0 cm³/mol. The second kappa shape index (κ2) is 5.50. The number of phenolic OH excluding ortho intramolecular Hbond substituents is 1. The van der Waals surface area contributed by atoms with Gasteiger partial charge in [0.05, 0.1) is 5.69 Å². The normalized spacial score (nSPS) is 10.3. The second-order valence-corrected chi connectivity index (χ2v) is 4.41. The minimum Gasteiger partial charge on any atom is -0.506 e. The number of phenols is 1. The number of para-hydroxylation sites is 2. The van der Waals surface area contributed by atoms with E-state index in [1.165, 1.54) is 6.07 Å². The van der Waals surface area contributed by atoms with Gasteiger partial charge in [-0.15, -0.1) is 0 Å². The number of nitrogens with one attached hydrogen (secondary N) is 1. The molecule has 0 aliphatic carbocycles. The molecular formula is C16H12N2O3. The van der Waals surface area contributed by atoms with Gasteiger partial charge in [-0.05, 0) is 12.1 Å². The van der Waals surface area contributed by atoms with Gasteiger partial charge in [-0.25, -0.2) is 0 Å². The Kier molecular flexibility index (Phi) is 3.39. The van der Waals surface area contributed by atoms with Crippen LogP contribution in [0.5, 0.6) is 5.75 Å². The summed E-state index contributed by atoms with van der Waals surface area (Å²) in [6.45, 7) is 0. The molecule has 2 aromatic carbocycles. The van der Waals surface area contributed by atoms with E-state index in [-0.39, 0.29) is 11.5 Å². The highest BCUT2D eigenvalue weighted by atomic mass is 16.5. The number of anilines is 1. The highest BCUT2D eigenvalue weighted by molar-refractivity contribution is 6.03. The van der Waals surface area contributed by atoms with Gasteiger partial charge in [-0.3, -0.25) is 4.79 Å². The molecule has 1 aromatic heterocycles. The van der Waals surface area contributed by atoms with E-state index in [1.807, 2.05) is 30.3 Å². The zero-order valence-electron chi connectivity index (χ0n) is 11.0. The maximum absolute atomic E-state index is 12.1. The Bertz CT molecular complexity index is 766. The first-order valence-corrected chi connectivity index (χ1v) is 6.35. The highest BCUT2D eigenvalue weighted by Gasteiger charge is 2.15.